The fourth-order valence-corrected chi connectivity index (χ4v) is 3.82. The van der Waals surface area contributed by atoms with E-state index in [1.807, 2.05) is 51.0 Å². The molecule has 1 saturated heterocycles. The van der Waals surface area contributed by atoms with E-state index in [-0.39, 0.29) is 11.3 Å². The summed E-state index contributed by atoms with van der Waals surface area (Å²) < 4.78 is 11.3. The number of nitrogens with zero attached hydrogens (tertiary/aromatic N) is 2. The highest BCUT2D eigenvalue weighted by molar-refractivity contribution is 6.46. The van der Waals surface area contributed by atoms with Gasteiger partial charge in [-0.15, -0.1) is 0 Å². The average molecular weight is 453 g/mol. The number of amides is 1. The number of hydrogen-bond donors (Lipinski definition) is 1. The van der Waals surface area contributed by atoms with E-state index in [2.05, 4.69) is 0 Å². The van der Waals surface area contributed by atoms with E-state index in [9.17, 15) is 14.7 Å². The minimum absolute atomic E-state index is 0.0758. The monoisotopic (exact) mass is 452 g/mol. The second kappa shape index (κ2) is 10.5. The minimum atomic E-state index is -0.736. The van der Waals surface area contributed by atoms with Gasteiger partial charge in [0.1, 0.15) is 5.76 Å². The maximum atomic E-state index is 13.1. The maximum Gasteiger partial charge on any atom is 0.295 e. The Hall–Kier alpha value is -3.32. The number of carbonyl (C=O) groups excluding carboxylic acids is 2. The lowest BCUT2D eigenvalue weighted by Crippen LogP contribution is -2.35. The second-order valence-corrected chi connectivity index (χ2v) is 8.42. The van der Waals surface area contributed by atoms with Crippen LogP contribution in [0.4, 0.5) is 0 Å². The summed E-state index contributed by atoms with van der Waals surface area (Å²) in [5.41, 5.74) is 2.27. The average Bonchev–Trinajstić information content (AvgIpc) is 3.06. The van der Waals surface area contributed by atoms with E-state index in [0.29, 0.717) is 42.3 Å². The molecule has 0 unspecified atom stereocenters. The van der Waals surface area contributed by atoms with E-state index >= 15 is 0 Å². The zero-order valence-corrected chi connectivity index (χ0v) is 19.9. The van der Waals surface area contributed by atoms with Crippen LogP contribution in [0.15, 0.2) is 48.0 Å². The molecule has 0 bridgehead atoms. The Kier molecular flexibility index (Phi) is 7.76. The van der Waals surface area contributed by atoms with Crippen molar-refractivity contribution in [3.05, 3.63) is 64.7 Å². The van der Waals surface area contributed by atoms with E-state index in [0.717, 1.165) is 12.0 Å². The van der Waals surface area contributed by atoms with Crippen molar-refractivity contribution in [2.45, 2.75) is 26.3 Å². The summed E-state index contributed by atoms with van der Waals surface area (Å²) in [6, 6.07) is 11.8. The summed E-state index contributed by atoms with van der Waals surface area (Å²) in [5.74, 6) is -0.403. The highest BCUT2D eigenvalue weighted by atomic mass is 16.5. The van der Waals surface area contributed by atoms with Crippen LogP contribution in [0.3, 0.4) is 0 Å². The number of likely N-dealkylation sites (N-methyl/N-ethyl adjacent to an activating group) is 1. The third-order valence-electron chi connectivity index (χ3n) is 5.62. The Bertz CT molecular complexity index is 1040. The standard InChI is InChI=1S/C26H32N2O5/c1-6-15-33-20-12-11-19(16-21(20)32-5)23-22(24(29)18-9-7-17(2)8-10-18)25(30)26(31)28(23)14-13-27(3)4/h7-12,16,23,29H,6,13-15H2,1-5H3/b24-22+/t23-/m1/s1. The van der Waals surface area contributed by atoms with E-state index in [1.165, 1.54) is 4.90 Å². The Balaban J connectivity index is 2.14. The predicted molar refractivity (Wildman–Crippen MR) is 128 cm³/mol. The van der Waals surface area contributed by atoms with Gasteiger partial charge in [0.25, 0.3) is 11.7 Å². The van der Waals surface area contributed by atoms with Gasteiger partial charge in [0.15, 0.2) is 11.5 Å². The molecule has 1 fully saturated rings. The first-order chi connectivity index (χ1) is 15.8. The summed E-state index contributed by atoms with van der Waals surface area (Å²) in [6.45, 7) is 5.42. The van der Waals surface area contributed by atoms with E-state index in [1.54, 1.807) is 31.4 Å². The van der Waals surface area contributed by atoms with Crippen LogP contribution >= 0.6 is 0 Å². The molecule has 0 aromatic heterocycles. The lowest BCUT2D eigenvalue weighted by atomic mass is 9.94. The van der Waals surface area contributed by atoms with Gasteiger partial charge in [-0.25, -0.2) is 0 Å². The maximum absolute atomic E-state index is 13.1. The molecular formula is C26H32N2O5. The topological polar surface area (TPSA) is 79.3 Å². The normalized spacial score (nSPS) is 17.6. The molecule has 1 amide bonds. The van der Waals surface area contributed by atoms with Crippen LogP contribution in [-0.4, -0.2) is 67.5 Å². The molecule has 0 spiro atoms. The van der Waals surface area contributed by atoms with E-state index in [4.69, 9.17) is 9.47 Å². The zero-order chi connectivity index (χ0) is 24.1. The minimum Gasteiger partial charge on any atom is -0.507 e. The highest BCUT2D eigenvalue weighted by Gasteiger charge is 2.46. The number of Topliss-reactive ketones (excluding diaryl/α,β-unsaturated/α-hetero) is 1. The number of aliphatic hydroxyl groups excluding tert-OH is 1. The fourth-order valence-electron chi connectivity index (χ4n) is 3.82. The van der Waals surface area contributed by atoms with Crippen molar-refractivity contribution in [1.82, 2.24) is 9.80 Å². The Labute approximate surface area is 195 Å². The van der Waals surface area contributed by atoms with Crippen LogP contribution in [0, 0.1) is 6.92 Å². The smallest absolute Gasteiger partial charge is 0.295 e. The molecule has 2 aromatic carbocycles. The summed E-state index contributed by atoms with van der Waals surface area (Å²) in [4.78, 5) is 29.6. The third-order valence-corrected chi connectivity index (χ3v) is 5.62. The first-order valence-corrected chi connectivity index (χ1v) is 11.1. The number of benzene rings is 2. The fraction of sp³-hybridized carbons (Fsp3) is 0.385. The molecule has 0 aliphatic carbocycles. The first-order valence-electron chi connectivity index (χ1n) is 11.1. The first kappa shape index (κ1) is 24.3. The molecule has 176 valence electrons. The number of carbonyl (C=O) groups is 2. The SMILES string of the molecule is CCCOc1ccc([C@@H]2/C(=C(\O)c3ccc(C)cc3)C(=O)C(=O)N2CCN(C)C)cc1OC. The Morgan fingerprint density at radius 1 is 1.09 bits per heavy atom. The second-order valence-electron chi connectivity index (χ2n) is 8.42. The van der Waals surface area contributed by atoms with Gasteiger partial charge in [-0.3, -0.25) is 9.59 Å². The molecule has 1 N–H and O–H groups in total. The summed E-state index contributed by atoms with van der Waals surface area (Å²) in [5, 5.41) is 11.1. The number of aliphatic hydroxyl groups is 1. The lowest BCUT2D eigenvalue weighted by Gasteiger charge is -2.27. The van der Waals surface area contributed by atoms with Gasteiger partial charge in [0, 0.05) is 18.7 Å². The van der Waals surface area contributed by atoms with Crippen molar-refractivity contribution in [3.8, 4) is 11.5 Å². The van der Waals surface area contributed by atoms with Crippen molar-refractivity contribution in [3.63, 3.8) is 0 Å². The lowest BCUT2D eigenvalue weighted by molar-refractivity contribution is -0.140. The van der Waals surface area contributed by atoms with Crippen molar-refractivity contribution in [2.75, 3.05) is 40.9 Å². The number of rotatable bonds is 9. The quantitative estimate of drug-likeness (QED) is 0.354. The molecule has 1 aliphatic heterocycles. The molecule has 1 heterocycles. The van der Waals surface area contributed by atoms with Crippen LogP contribution < -0.4 is 9.47 Å². The molecule has 1 aliphatic rings. The van der Waals surface area contributed by atoms with Crippen LogP contribution in [0.25, 0.3) is 5.76 Å². The number of aryl methyl sites for hydroxylation is 1. The van der Waals surface area contributed by atoms with Crippen LogP contribution in [0.5, 0.6) is 11.5 Å². The summed E-state index contributed by atoms with van der Waals surface area (Å²) >= 11 is 0. The van der Waals surface area contributed by atoms with Crippen molar-refractivity contribution < 1.29 is 24.2 Å². The predicted octanol–water partition coefficient (Wildman–Crippen LogP) is 3.78. The Morgan fingerprint density at radius 2 is 1.79 bits per heavy atom. The number of methoxy groups -OCH3 is 1. The van der Waals surface area contributed by atoms with Gasteiger partial charge in [-0.05, 0) is 45.1 Å². The molecule has 33 heavy (non-hydrogen) atoms. The highest BCUT2D eigenvalue weighted by Crippen LogP contribution is 2.41. The molecule has 0 saturated carbocycles. The number of likely N-dealkylation sites (tertiary alicyclic amines) is 1. The van der Waals surface area contributed by atoms with Gasteiger partial charge in [0.05, 0.1) is 25.3 Å². The molecular weight excluding hydrogens is 420 g/mol. The number of ether oxygens (including phenoxy) is 2. The number of ketones is 1. The van der Waals surface area contributed by atoms with Crippen LogP contribution in [-0.2, 0) is 9.59 Å². The van der Waals surface area contributed by atoms with Crippen molar-refractivity contribution in [2.24, 2.45) is 0 Å². The molecule has 3 rings (SSSR count). The third kappa shape index (κ3) is 5.20. The van der Waals surface area contributed by atoms with Gasteiger partial charge in [0.2, 0.25) is 0 Å². The summed E-state index contributed by atoms with van der Waals surface area (Å²) in [7, 11) is 5.36. The molecule has 7 heteroatoms. The molecule has 0 radical (unpaired) electrons. The van der Waals surface area contributed by atoms with Crippen molar-refractivity contribution >= 4 is 17.4 Å². The zero-order valence-electron chi connectivity index (χ0n) is 19.9. The number of hydrogen-bond acceptors (Lipinski definition) is 6. The molecule has 1 atom stereocenters. The van der Waals surface area contributed by atoms with Crippen LogP contribution in [0.1, 0.15) is 36.1 Å². The van der Waals surface area contributed by atoms with Gasteiger partial charge < -0.3 is 24.4 Å². The van der Waals surface area contributed by atoms with E-state index < -0.39 is 17.7 Å². The molecule has 2 aromatic rings. The van der Waals surface area contributed by atoms with Crippen molar-refractivity contribution in [1.29, 1.82) is 0 Å². The molecule has 7 nitrogen and oxygen atoms in total. The summed E-state index contributed by atoms with van der Waals surface area (Å²) in [6.07, 6.45) is 0.853. The van der Waals surface area contributed by atoms with Gasteiger partial charge in [-0.2, -0.15) is 0 Å². The van der Waals surface area contributed by atoms with Gasteiger partial charge in [-0.1, -0.05) is 42.8 Å². The van der Waals surface area contributed by atoms with Crippen LogP contribution in [0.2, 0.25) is 0 Å². The largest absolute Gasteiger partial charge is 0.507 e. The Morgan fingerprint density at radius 3 is 2.39 bits per heavy atom. The van der Waals surface area contributed by atoms with Gasteiger partial charge >= 0.3 is 0 Å².